The van der Waals surface area contributed by atoms with E-state index in [0.29, 0.717) is 5.69 Å². The Bertz CT molecular complexity index is 507. The van der Waals surface area contributed by atoms with Gasteiger partial charge in [0.1, 0.15) is 0 Å². The number of hydrogen-bond acceptors (Lipinski definition) is 4. The van der Waals surface area contributed by atoms with Gasteiger partial charge in [0.25, 0.3) is 0 Å². The molecule has 0 heterocycles. The Labute approximate surface area is 107 Å². The third-order valence-corrected chi connectivity index (χ3v) is 4.44. The van der Waals surface area contributed by atoms with E-state index in [0.717, 1.165) is 0 Å². The van der Waals surface area contributed by atoms with E-state index in [1.54, 1.807) is 19.2 Å². The van der Waals surface area contributed by atoms with Gasteiger partial charge in [-0.25, -0.2) is 8.42 Å². The van der Waals surface area contributed by atoms with Gasteiger partial charge in [-0.1, -0.05) is 0 Å². The first-order chi connectivity index (χ1) is 8.38. The first-order valence-electron chi connectivity index (χ1n) is 5.56. The molecule has 0 aliphatic heterocycles. The second kappa shape index (κ2) is 5.97. The number of amides is 1. The molecule has 0 aliphatic rings. The minimum absolute atomic E-state index is 0.0780. The molecular weight excluding hydrogens is 254 g/mol. The molecule has 18 heavy (non-hydrogen) atoms. The SMILES string of the molecule is CC(=O)N(C)c1ccc(S(=O)(=O)CCCO)cc1. The minimum atomic E-state index is -3.35. The first-order valence-corrected chi connectivity index (χ1v) is 7.21. The molecule has 1 N–H and O–H groups in total. The Morgan fingerprint density at radius 1 is 1.28 bits per heavy atom. The lowest BCUT2D eigenvalue weighted by molar-refractivity contribution is -0.116. The molecule has 0 bridgehead atoms. The van der Waals surface area contributed by atoms with Crippen LogP contribution in [0.4, 0.5) is 5.69 Å². The van der Waals surface area contributed by atoms with Crippen LogP contribution in [0.2, 0.25) is 0 Å². The number of aliphatic hydroxyl groups excluding tert-OH is 1. The Hall–Kier alpha value is -1.40. The maximum atomic E-state index is 11.8. The summed E-state index contributed by atoms with van der Waals surface area (Å²) in [6.07, 6.45) is 0.220. The standard InChI is InChI=1S/C12H17NO4S/c1-10(15)13(2)11-4-6-12(7-5-11)18(16,17)9-3-8-14/h4-7,14H,3,8-9H2,1-2H3. The lowest BCUT2D eigenvalue weighted by Gasteiger charge is -2.15. The van der Waals surface area contributed by atoms with E-state index in [-0.39, 0.29) is 29.6 Å². The van der Waals surface area contributed by atoms with Crippen LogP contribution in [0.15, 0.2) is 29.2 Å². The van der Waals surface area contributed by atoms with Crippen LogP contribution < -0.4 is 4.90 Å². The fraction of sp³-hybridized carbons (Fsp3) is 0.417. The molecule has 1 amide bonds. The van der Waals surface area contributed by atoms with Crippen LogP contribution in [0.5, 0.6) is 0 Å². The number of sulfone groups is 1. The van der Waals surface area contributed by atoms with Crippen LogP contribution in [0, 0.1) is 0 Å². The Morgan fingerprint density at radius 2 is 1.83 bits per heavy atom. The topological polar surface area (TPSA) is 74.7 Å². The van der Waals surface area contributed by atoms with Crippen molar-refractivity contribution in [2.24, 2.45) is 0 Å². The molecule has 1 aromatic rings. The number of carbonyl (C=O) groups excluding carboxylic acids is 1. The van der Waals surface area contributed by atoms with E-state index in [1.807, 2.05) is 0 Å². The fourth-order valence-electron chi connectivity index (χ4n) is 1.43. The molecule has 0 radical (unpaired) electrons. The number of rotatable bonds is 5. The zero-order valence-electron chi connectivity index (χ0n) is 10.5. The molecule has 0 aromatic heterocycles. The lowest BCUT2D eigenvalue weighted by atomic mass is 10.3. The Kier molecular flexibility index (Phi) is 4.86. The molecule has 5 nitrogen and oxygen atoms in total. The highest BCUT2D eigenvalue weighted by Gasteiger charge is 2.14. The van der Waals surface area contributed by atoms with E-state index < -0.39 is 9.84 Å². The zero-order chi connectivity index (χ0) is 13.8. The molecule has 0 atom stereocenters. The van der Waals surface area contributed by atoms with Crippen molar-refractivity contribution in [2.45, 2.75) is 18.2 Å². The monoisotopic (exact) mass is 271 g/mol. The van der Waals surface area contributed by atoms with E-state index in [4.69, 9.17) is 5.11 Å². The number of benzene rings is 1. The van der Waals surface area contributed by atoms with Crippen LogP contribution in [0.3, 0.4) is 0 Å². The summed E-state index contributed by atoms with van der Waals surface area (Å²) < 4.78 is 23.6. The molecule has 0 saturated carbocycles. The van der Waals surface area contributed by atoms with Crippen molar-refractivity contribution in [3.05, 3.63) is 24.3 Å². The maximum Gasteiger partial charge on any atom is 0.223 e. The second-order valence-corrected chi connectivity index (χ2v) is 6.08. The summed E-state index contributed by atoms with van der Waals surface area (Å²) in [6, 6.07) is 6.13. The predicted octanol–water partition coefficient (Wildman–Crippen LogP) is 0.825. The van der Waals surface area contributed by atoms with Gasteiger partial charge in [-0.2, -0.15) is 0 Å². The van der Waals surface area contributed by atoms with E-state index >= 15 is 0 Å². The number of carbonyl (C=O) groups is 1. The maximum absolute atomic E-state index is 11.8. The van der Waals surface area contributed by atoms with Crippen LogP contribution in [0.25, 0.3) is 0 Å². The molecule has 0 aliphatic carbocycles. The highest BCUT2D eigenvalue weighted by molar-refractivity contribution is 7.91. The summed E-state index contributed by atoms with van der Waals surface area (Å²) in [5.74, 6) is -0.198. The van der Waals surface area contributed by atoms with Crippen LogP contribution in [-0.2, 0) is 14.6 Å². The van der Waals surface area contributed by atoms with Gasteiger partial charge in [0, 0.05) is 26.3 Å². The third-order valence-electron chi connectivity index (χ3n) is 2.63. The van der Waals surface area contributed by atoms with Crippen molar-refractivity contribution in [2.75, 3.05) is 24.3 Å². The van der Waals surface area contributed by atoms with Crippen molar-refractivity contribution >= 4 is 21.4 Å². The largest absolute Gasteiger partial charge is 0.396 e. The zero-order valence-corrected chi connectivity index (χ0v) is 11.3. The van der Waals surface area contributed by atoms with Crippen molar-refractivity contribution in [1.82, 2.24) is 0 Å². The molecule has 100 valence electrons. The van der Waals surface area contributed by atoms with Gasteiger partial charge < -0.3 is 10.0 Å². The molecule has 1 rings (SSSR count). The minimum Gasteiger partial charge on any atom is -0.396 e. The highest BCUT2D eigenvalue weighted by Crippen LogP contribution is 2.18. The summed E-state index contributed by atoms with van der Waals surface area (Å²) in [7, 11) is -1.73. The van der Waals surface area contributed by atoms with E-state index in [1.165, 1.54) is 24.0 Å². The van der Waals surface area contributed by atoms with Gasteiger partial charge in [-0.15, -0.1) is 0 Å². The first kappa shape index (κ1) is 14.7. The normalized spacial score (nSPS) is 11.3. The molecule has 0 saturated heterocycles. The Balaban J connectivity index is 2.92. The second-order valence-electron chi connectivity index (χ2n) is 3.97. The van der Waals surface area contributed by atoms with Crippen LogP contribution >= 0.6 is 0 Å². The van der Waals surface area contributed by atoms with Gasteiger partial charge >= 0.3 is 0 Å². The number of anilines is 1. The van der Waals surface area contributed by atoms with Crippen LogP contribution in [0.1, 0.15) is 13.3 Å². The number of hydrogen-bond donors (Lipinski definition) is 1. The van der Waals surface area contributed by atoms with Gasteiger partial charge in [0.05, 0.1) is 10.6 Å². The predicted molar refractivity (Wildman–Crippen MR) is 69.3 cm³/mol. The van der Waals surface area contributed by atoms with Crippen LogP contribution in [-0.4, -0.2) is 38.8 Å². The van der Waals surface area contributed by atoms with Gasteiger partial charge in [0.2, 0.25) is 5.91 Å². The number of aliphatic hydroxyl groups is 1. The van der Waals surface area contributed by atoms with Gasteiger partial charge in [-0.05, 0) is 30.7 Å². The average molecular weight is 271 g/mol. The smallest absolute Gasteiger partial charge is 0.223 e. The summed E-state index contributed by atoms with van der Waals surface area (Å²) in [5.41, 5.74) is 0.642. The summed E-state index contributed by atoms with van der Waals surface area (Å²) in [5, 5.41) is 8.65. The van der Waals surface area contributed by atoms with Gasteiger partial charge in [-0.3, -0.25) is 4.79 Å². The molecule has 1 aromatic carbocycles. The molecule has 0 unspecified atom stereocenters. The average Bonchev–Trinajstić information content (AvgIpc) is 2.35. The lowest BCUT2D eigenvalue weighted by Crippen LogP contribution is -2.22. The summed E-state index contributed by atoms with van der Waals surface area (Å²) in [6.45, 7) is 1.29. The van der Waals surface area contributed by atoms with E-state index in [2.05, 4.69) is 0 Å². The van der Waals surface area contributed by atoms with Crippen molar-refractivity contribution < 1.29 is 18.3 Å². The van der Waals surface area contributed by atoms with E-state index in [9.17, 15) is 13.2 Å². The van der Waals surface area contributed by atoms with Crippen molar-refractivity contribution in [1.29, 1.82) is 0 Å². The van der Waals surface area contributed by atoms with Crippen molar-refractivity contribution in [3.8, 4) is 0 Å². The molecule has 0 spiro atoms. The molecule has 6 heteroatoms. The molecule has 0 fully saturated rings. The number of nitrogens with zero attached hydrogens (tertiary/aromatic N) is 1. The molecular formula is C12H17NO4S. The van der Waals surface area contributed by atoms with Gasteiger partial charge in [0.15, 0.2) is 9.84 Å². The highest BCUT2D eigenvalue weighted by atomic mass is 32.2. The fourth-order valence-corrected chi connectivity index (χ4v) is 2.73. The third kappa shape index (κ3) is 3.54. The summed E-state index contributed by atoms with van der Waals surface area (Å²) in [4.78, 5) is 12.8. The summed E-state index contributed by atoms with van der Waals surface area (Å²) >= 11 is 0. The quantitative estimate of drug-likeness (QED) is 0.860. The Morgan fingerprint density at radius 3 is 2.28 bits per heavy atom. The van der Waals surface area contributed by atoms with Crippen molar-refractivity contribution in [3.63, 3.8) is 0 Å².